The number of pyridine rings is 1. The van der Waals surface area contributed by atoms with Gasteiger partial charge in [0.1, 0.15) is 12.4 Å². The molecule has 0 fully saturated rings. The van der Waals surface area contributed by atoms with Gasteiger partial charge in [-0.3, -0.25) is 4.79 Å². The lowest BCUT2D eigenvalue weighted by Gasteiger charge is -2.09. The minimum absolute atomic E-state index is 0.0749. The highest BCUT2D eigenvalue weighted by molar-refractivity contribution is 9.10. The number of halogens is 1. The van der Waals surface area contributed by atoms with E-state index in [2.05, 4.69) is 31.0 Å². The number of carbonyl (C=O) groups is 1. The number of esters is 1. The van der Waals surface area contributed by atoms with E-state index in [1.54, 1.807) is 6.20 Å². The zero-order chi connectivity index (χ0) is 11.4. The Balaban J connectivity index is 2.78. The van der Waals surface area contributed by atoms with Crippen LogP contribution < -0.4 is 11.1 Å². The predicted molar refractivity (Wildman–Crippen MR) is 61.6 cm³/mol. The van der Waals surface area contributed by atoms with Crippen molar-refractivity contribution in [1.29, 1.82) is 0 Å². The van der Waals surface area contributed by atoms with Crippen LogP contribution in [0.2, 0.25) is 0 Å². The molecule has 1 heterocycles. The van der Waals surface area contributed by atoms with Crippen molar-refractivity contribution >= 4 is 33.4 Å². The second-order valence-electron chi connectivity index (χ2n) is 2.93. The van der Waals surface area contributed by atoms with Gasteiger partial charge in [0.15, 0.2) is 0 Å². The highest BCUT2D eigenvalue weighted by atomic mass is 79.9. The maximum Gasteiger partial charge on any atom is 0.325 e. The molecule has 0 radical (unpaired) electrons. The van der Waals surface area contributed by atoms with Crippen LogP contribution in [-0.4, -0.2) is 24.6 Å². The Morgan fingerprint density at radius 2 is 2.40 bits per heavy atom. The molecule has 0 aliphatic heterocycles. The van der Waals surface area contributed by atoms with Gasteiger partial charge in [-0.15, -0.1) is 0 Å². The first-order valence-electron chi connectivity index (χ1n) is 4.27. The molecule has 0 bridgehead atoms. The highest BCUT2D eigenvalue weighted by Crippen LogP contribution is 2.27. The fourth-order valence-corrected chi connectivity index (χ4v) is 1.41. The van der Waals surface area contributed by atoms with Gasteiger partial charge in [-0.1, -0.05) is 0 Å². The maximum atomic E-state index is 10.9. The molecule has 0 saturated heterocycles. The molecule has 82 valence electrons. The van der Waals surface area contributed by atoms with Crippen molar-refractivity contribution in [3.63, 3.8) is 0 Å². The monoisotopic (exact) mass is 273 g/mol. The first-order valence-corrected chi connectivity index (χ1v) is 5.06. The van der Waals surface area contributed by atoms with E-state index in [-0.39, 0.29) is 12.5 Å². The zero-order valence-electron chi connectivity index (χ0n) is 8.50. The summed E-state index contributed by atoms with van der Waals surface area (Å²) in [6.45, 7) is 1.94. The zero-order valence-corrected chi connectivity index (χ0v) is 10.1. The summed E-state index contributed by atoms with van der Waals surface area (Å²) in [4.78, 5) is 14.9. The molecule has 5 nitrogen and oxygen atoms in total. The Hall–Kier alpha value is -1.30. The Kier molecular flexibility index (Phi) is 3.90. The van der Waals surface area contributed by atoms with Crippen molar-refractivity contribution in [3.8, 4) is 0 Å². The molecule has 0 saturated carbocycles. The van der Waals surface area contributed by atoms with Gasteiger partial charge in [0, 0.05) is 0 Å². The second kappa shape index (κ2) is 4.97. The average molecular weight is 274 g/mol. The molecule has 0 unspecified atom stereocenters. The molecular weight excluding hydrogens is 262 g/mol. The lowest BCUT2D eigenvalue weighted by molar-refractivity contribution is -0.138. The Labute approximate surface area is 96.1 Å². The Bertz CT molecular complexity index is 382. The Morgan fingerprint density at radius 3 is 3.00 bits per heavy atom. The van der Waals surface area contributed by atoms with Crippen LogP contribution in [-0.2, 0) is 9.53 Å². The van der Waals surface area contributed by atoms with E-state index in [0.29, 0.717) is 11.5 Å². The summed E-state index contributed by atoms with van der Waals surface area (Å²) in [6, 6.07) is 0. The van der Waals surface area contributed by atoms with Crippen LogP contribution in [0.4, 0.5) is 11.5 Å². The number of nitrogen functional groups attached to an aromatic ring is 1. The first-order chi connectivity index (χ1) is 7.06. The number of hydrogen-bond acceptors (Lipinski definition) is 5. The van der Waals surface area contributed by atoms with E-state index < -0.39 is 0 Å². The molecule has 1 aromatic heterocycles. The molecule has 0 aromatic carbocycles. The summed E-state index contributed by atoms with van der Waals surface area (Å²) >= 11 is 3.35. The predicted octanol–water partition coefficient (Wildman–Crippen LogP) is 1.32. The fourth-order valence-electron chi connectivity index (χ4n) is 0.943. The van der Waals surface area contributed by atoms with Crippen molar-refractivity contribution in [2.75, 3.05) is 24.7 Å². The van der Waals surface area contributed by atoms with Gasteiger partial charge in [0.05, 0.1) is 23.5 Å². The largest absolute Gasteiger partial charge is 0.468 e. The third-order valence-corrected chi connectivity index (χ3v) is 2.90. The van der Waals surface area contributed by atoms with Crippen molar-refractivity contribution in [2.45, 2.75) is 6.92 Å². The van der Waals surface area contributed by atoms with Gasteiger partial charge in [0.2, 0.25) is 0 Å². The first kappa shape index (κ1) is 11.8. The SMILES string of the molecule is COC(=O)CNc1ncc(N)c(C)c1Br. The quantitative estimate of drug-likeness (QED) is 0.813. The maximum absolute atomic E-state index is 10.9. The van der Waals surface area contributed by atoms with Crippen LogP contribution in [0.1, 0.15) is 5.56 Å². The summed E-state index contributed by atoms with van der Waals surface area (Å²) in [5.74, 6) is 0.227. The molecule has 6 heteroatoms. The van der Waals surface area contributed by atoms with E-state index in [1.807, 2.05) is 6.92 Å². The van der Waals surface area contributed by atoms with Gasteiger partial charge in [-0.25, -0.2) is 4.98 Å². The molecule has 1 rings (SSSR count). The van der Waals surface area contributed by atoms with Crippen molar-refractivity contribution in [3.05, 3.63) is 16.2 Å². The molecule has 0 amide bonds. The second-order valence-corrected chi connectivity index (χ2v) is 3.72. The van der Waals surface area contributed by atoms with E-state index >= 15 is 0 Å². The van der Waals surface area contributed by atoms with Crippen LogP contribution in [0.3, 0.4) is 0 Å². The van der Waals surface area contributed by atoms with Crippen LogP contribution in [0, 0.1) is 6.92 Å². The number of carbonyl (C=O) groups excluding carboxylic acids is 1. The Morgan fingerprint density at radius 1 is 1.73 bits per heavy atom. The molecule has 0 aliphatic rings. The molecule has 0 atom stereocenters. The van der Waals surface area contributed by atoms with Crippen molar-refractivity contribution in [2.24, 2.45) is 0 Å². The normalized spacial score (nSPS) is 9.80. The number of aromatic nitrogens is 1. The molecule has 0 aliphatic carbocycles. The molecular formula is C9H12BrN3O2. The number of nitrogens with two attached hydrogens (primary N) is 1. The van der Waals surface area contributed by atoms with Crippen molar-refractivity contribution in [1.82, 2.24) is 4.98 Å². The minimum Gasteiger partial charge on any atom is -0.468 e. The van der Waals surface area contributed by atoms with Crippen molar-refractivity contribution < 1.29 is 9.53 Å². The van der Waals surface area contributed by atoms with Crippen LogP contribution in [0.15, 0.2) is 10.7 Å². The van der Waals surface area contributed by atoms with Crippen LogP contribution in [0.25, 0.3) is 0 Å². The van der Waals surface area contributed by atoms with E-state index in [1.165, 1.54) is 7.11 Å². The number of methoxy groups -OCH3 is 1. The number of anilines is 2. The summed E-state index contributed by atoms with van der Waals surface area (Å²) in [5.41, 5.74) is 7.15. The topological polar surface area (TPSA) is 77.2 Å². The fraction of sp³-hybridized carbons (Fsp3) is 0.333. The number of rotatable bonds is 3. The van der Waals surface area contributed by atoms with E-state index in [4.69, 9.17) is 5.73 Å². The average Bonchev–Trinajstić information content (AvgIpc) is 2.24. The van der Waals surface area contributed by atoms with Gasteiger partial charge < -0.3 is 15.8 Å². The third-order valence-electron chi connectivity index (χ3n) is 1.93. The minimum atomic E-state index is -0.349. The number of ether oxygens (including phenoxy) is 1. The summed E-state index contributed by atoms with van der Waals surface area (Å²) < 4.78 is 5.25. The van der Waals surface area contributed by atoms with E-state index in [9.17, 15) is 4.79 Å². The number of nitrogens with one attached hydrogen (secondary N) is 1. The summed E-state index contributed by atoms with van der Waals surface area (Å²) in [7, 11) is 1.33. The smallest absolute Gasteiger partial charge is 0.325 e. The number of hydrogen-bond donors (Lipinski definition) is 2. The molecule has 15 heavy (non-hydrogen) atoms. The van der Waals surface area contributed by atoms with Gasteiger partial charge in [-0.2, -0.15) is 0 Å². The van der Waals surface area contributed by atoms with Crippen LogP contribution >= 0.6 is 15.9 Å². The number of nitrogens with zero attached hydrogens (tertiary/aromatic N) is 1. The van der Waals surface area contributed by atoms with Gasteiger partial charge in [-0.05, 0) is 28.4 Å². The molecule has 3 N–H and O–H groups in total. The lowest BCUT2D eigenvalue weighted by Crippen LogP contribution is -2.16. The highest BCUT2D eigenvalue weighted by Gasteiger charge is 2.08. The van der Waals surface area contributed by atoms with Gasteiger partial charge >= 0.3 is 5.97 Å². The molecule has 0 spiro atoms. The summed E-state index contributed by atoms with van der Waals surface area (Å²) in [5, 5.41) is 2.84. The van der Waals surface area contributed by atoms with Gasteiger partial charge in [0.25, 0.3) is 0 Å². The van der Waals surface area contributed by atoms with Crippen LogP contribution in [0.5, 0.6) is 0 Å². The lowest BCUT2D eigenvalue weighted by atomic mass is 10.2. The summed E-state index contributed by atoms with van der Waals surface area (Å²) in [6.07, 6.45) is 1.54. The third kappa shape index (κ3) is 2.82. The van der Waals surface area contributed by atoms with E-state index in [0.717, 1.165) is 10.0 Å². The standard InChI is InChI=1S/C9H12BrN3O2/c1-5-6(11)3-12-9(8(5)10)13-4-7(14)15-2/h3H,4,11H2,1-2H3,(H,12,13). The molecule has 1 aromatic rings.